The molecule has 1 saturated carbocycles. The standard InChI is InChI=1S/C16H23BrN2O3.ClH/c1-21-14-7-10(6-13(17)15(14)22-2)9-19-16(20)12-5-3-4-11(12)8-18;/h6-7,11-12H,3-5,8-9,18H2,1-2H3,(H,19,20);1H/t11-,12-;/m1./s1. The summed E-state index contributed by atoms with van der Waals surface area (Å²) in [5.74, 6) is 1.75. The molecule has 0 heterocycles. The van der Waals surface area contributed by atoms with Crippen LogP contribution in [-0.2, 0) is 11.3 Å². The van der Waals surface area contributed by atoms with E-state index in [1.54, 1.807) is 14.2 Å². The molecular formula is C16H24BrClN2O3. The number of halogens is 2. The van der Waals surface area contributed by atoms with Gasteiger partial charge in [0, 0.05) is 12.5 Å². The van der Waals surface area contributed by atoms with Crippen molar-refractivity contribution < 1.29 is 14.3 Å². The molecule has 1 aromatic carbocycles. The number of carbonyl (C=O) groups excluding carboxylic acids is 1. The highest BCUT2D eigenvalue weighted by molar-refractivity contribution is 9.10. The van der Waals surface area contributed by atoms with Crippen LogP contribution in [0, 0.1) is 11.8 Å². The van der Waals surface area contributed by atoms with E-state index < -0.39 is 0 Å². The van der Waals surface area contributed by atoms with Gasteiger partial charge in [0.1, 0.15) is 0 Å². The summed E-state index contributed by atoms with van der Waals surface area (Å²) < 4.78 is 11.4. The minimum Gasteiger partial charge on any atom is -0.493 e. The summed E-state index contributed by atoms with van der Waals surface area (Å²) in [4.78, 5) is 12.3. The van der Waals surface area contributed by atoms with E-state index in [2.05, 4.69) is 21.2 Å². The molecule has 1 amide bonds. The number of hydrogen-bond donors (Lipinski definition) is 2. The van der Waals surface area contributed by atoms with Crippen LogP contribution in [0.2, 0.25) is 0 Å². The number of hydrogen-bond acceptors (Lipinski definition) is 4. The average molecular weight is 408 g/mol. The van der Waals surface area contributed by atoms with Crippen molar-refractivity contribution >= 4 is 34.2 Å². The van der Waals surface area contributed by atoms with Crippen LogP contribution in [-0.4, -0.2) is 26.7 Å². The lowest BCUT2D eigenvalue weighted by Gasteiger charge is -2.18. The Balaban J connectivity index is 0.00000264. The van der Waals surface area contributed by atoms with Crippen molar-refractivity contribution in [2.75, 3.05) is 20.8 Å². The second kappa shape index (κ2) is 9.35. The van der Waals surface area contributed by atoms with E-state index in [4.69, 9.17) is 15.2 Å². The predicted octanol–water partition coefficient (Wildman–Crippen LogP) is 2.88. The van der Waals surface area contributed by atoms with E-state index in [1.807, 2.05) is 12.1 Å². The number of amides is 1. The zero-order valence-electron chi connectivity index (χ0n) is 13.4. The van der Waals surface area contributed by atoms with Crippen LogP contribution in [0.5, 0.6) is 11.5 Å². The molecule has 1 aromatic rings. The third-order valence-corrected chi connectivity index (χ3v) is 4.85. The lowest BCUT2D eigenvalue weighted by molar-refractivity contribution is -0.126. The second-order valence-corrected chi connectivity index (χ2v) is 6.42. The maximum Gasteiger partial charge on any atom is 0.223 e. The first-order valence-electron chi connectivity index (χ1n) is 7.48. The summed E-state index contributed by atoms with van der Waals surface area (Å²) in [5, 5.41) is 3.01. The molecule has 130 valence electrons. The van der Waals surface area contributed by atoms with Gasteiger partial charge in [0.25, 0.3) is 0 Å². The first kappa shape index (κ1) is 20.1. The fourth-order valence-electron chi connectivity index (χ4n) is 3.06. The van der Waals surface area contributed by atoms with Crippen LogP contribution in [0.1, 0.15) is 24.8 Å². The van der Waals surface area contributed by atoms with Gasteiger partial charge < -0.3 is 20.5 Å². The summed E-state index contributed by atoms with van der Waals surface area (Å²) in [6.45, 7) is 1.05. The lowest BCUT2D eigenvalue weighted by Crippen LogP contribution is -2.34. The number of nitrogens with two attached hydrogens (primary N) is 1. The van der Waals surface area contributed by atoms with Crippen LogP contribution in [0.4, 0.5) is 0 Å². The SMILES string of the molecule is COc1cc(CNC(=O)[C@@H]2CCC[C@@H]2CN)cc(Br)c1OC.Cl. The predicted molar refractivity (Wildman–Crippen MR) is 96.2 cm³/mol. The van der Waals surface area contributed by atoms with Crippen LogP contribution in [0.25, 0.3) is 0 Å². The molecule has 2 rings (SSSR count). The molecule has 0 saturated heterocycles. The summed E-state index contributed by atoms with van der Waals surface area (Å²) in [5.41, 5.74) is 6.70. The fourth-order valence-corrected chi connectivity index (χ4v) is 3.71. The highest BCUT2D eigenvalue weighted by Crippen LogP contribution is 2.36. The van der Waals surface area contributed by atoms with Gasteiger partial charge in [-0.1, -0.05) is 6.42 Å². The highest BCUT2D eigenvalue weighted by atomic mass is 79.9. The minimum absolute atomic E-state index is 0. The summed E-state index contributed by atoms with van der Waals surface area (Å²) in [6.07, 6.45) is 3.07. The Labute approximate surface area is 151 Å². The Morgan fingerprint density at radius 1 is 1.35 bits per heavy atom. The molecular weight excluding hydrogens is 384 g/mol. The third-order valence-electron chi connectivity index (χ3n) is 4.26. The lowest BCUT2D eigenvalue weighted by atomic mass is 9.95. The first-order valence-corrected chi connectivity index (χ1v) is 8.28. The fraction of sp³-hybridized carbons (Fsp3) is 0.562. The number of methoxy groups -OCH3 is 2. The maximum atomic E-state index is 12.3. The van der Waals surface area contributed by atoms with E-state index in [1.165, 1.54) is 0 Å². The molecule has 0 spiro atoms. The number of ether oxygens (including phenoxy) is 2. The van der Waals surface area contributed by atoms with Gasteiger partial charge in [-0.25, -0.2) is 0 Å². The van der Waals surface area contributed by atoms with Crippen LogP contribution in [0.15, 0.2) is 16.6 Å². The van der Waals surface area contributed by atoms with Gasteiger partial charge in [-0.3, -0.25) is 4.79 Å². The van der Waals surface area contributed by atoms with Gasteiger partial charge >= 0.3 is 0 Å². The van der Waals surface area contributed by atoms with Crippen molar-refractivity contribution in [2.45, 2.75) is 25.8 Å². The topological polar surface area (TPSA) is 73.6 Å². The molecule has 1 aliphatic rings. The number of nitrogens with one attached hydrogen (secondary N) is 1. The number of carbonyl (C=O) groups is 1. The van der Waals surface area contributed by atoms with E-state index >= 15 is 0 Å². The van der Waals surface area contributed by atoms with Crippen LogP contribution < -0.4 is 20.5 Å². The summed E-state index contributed by atoms with van der Waals surface area (Å²) >= 11 is 3.46. The Bertz CT molecular complexity index is 542. The normalized spacial score (nSPS) is 19.8. The molecule has 3 N–H and O–H groups in total. The molecule has 1 fully saturated rings. The monoisotopic (exact) mass is 406 g/mol. The van der Waals surface area contributed by atoms with Crippen molar-refractivity contribution in [2.24, 2.45) is 17.6 Å². The Kier molecular flexibility index (Phi) is 8.16. The van der Waals surface area contributed by atoms with Crippen molar-refractivity contribution in [1.82, 2.24) is 5.32 Å². The van der Waals surface area contributed by atoms with Gasteiger partial charge in [-0.2, -0.15) is 0 Å². The van der Waals surface area contributed by atoms with E-state index in [9.17, 15) is 4.79 Å². The highest BCUT2D eigenvalue weighted by Gasteiger charge is 2.31. The van der Waals surface area contributed by atoms with Gasteiger partial charge in [-0.15, -0.1) is 12.4 Å². The molecule has 0 aromatic heterocycles. The maximum absolute atomic E-state index is 12.3. The Hall–Kier alpha value is -0.980. The van der Waals surface area contributed by atoms with E-state index in [0.717, 1.165) is 29.3 Å². The van der Waals surface area contributed by atoms with Crippen LogP contribution in [0.3, 0.4) is 0 Å². The van der Waals surface area contributed by atoms with Gasteiger partial charge in [0.15, 0.2) is 11.5 Å². The second-order valence-electron chi connectivity index (χ2n) is 5.56. The quantitative estimate of drug-likeness (QED) is 0.760. The minimum atomic E-state index is 0. The zero-order chi connectivity index (χ0) is 16.1. The molecule has 0 radical (unpaired) electrons. The van der Waals surface area contributed by atoms with Crippen molar-refractivity contribution in [3.63, 3.8) is 0 Å². The average Bonchev–Trinajstić information content (AvgIpc) is 3.00. The van der Waals surface area contributed by atoms with Gasteiger partial charge in [-0.05, 0) is 58.9 Å². The summed E-state index contributed by atoms with van der Waals surface area (Å²) in [6, 6.07) is 3.80. The van der Waals surface area contributed by atoms with Crippen molar-refractivity contribution in [3.8, 4) is 11.5 Å². The van der Waals surface area contributed by atoms with E-state index in [-0.39, 0.29) is 24.2 Å². The molecule has 5 nitrogen and oxygen atoms in total. The molecule has 0 unspecified atom stereocenters. The van der Waals surface area contributed by atoms with Crippen LogP contribution >= 0.6 is 28.3 Å². The number of rotatable bonds is 6. The number of benzene rings is 1. The molecule has 1 aliphatic carbocycles. The molecule has 2 atom stereocenters. The van der Waals surface area contributed by atoms with Crippen molar-refractivity contribution in [1.29, 1.82) is 0 Å². The molecule has 0 aliphatic heterocycles. The molecule has 7 heteroatoms. The first-order chi connectivity index (χ1) is 10.6. The van der Waals surface area contributed by atoms with E-state index in [0.29, 0.717) is 30.5 Å². The zero-order valence-corrected chi connectivity index (χ0v) is 15.8. The largest absolute Gasteiger partial charge is 0.493 e. The van der Waals surface area contributed by atoms with Gasteiger partial charge in [0.05, 0.1) is 18.7 Å². The Morgan fingerprint density at radius 3 is 2.70 bits per heavy atom. The molecule has 23 heavy (non-hydrogen) atoms. The Morgan fingerprint density at radius 2 is 2.09 bits per heavy atom. The van der Waals surface area contributed by atoms with Crippen molar-refractivity contribution in [3.05, 3.63) is 22.2 Å². The third kappa shape index (κ3) is 4.75. The molecule has 0 bridgehead atoms. The smallest absolute Gasteiger partial charge is 0.223 e. The summed E-state index contributed by atoms with van der Waals surface area (Å²) in [7, 11) is 3.19. The van der Waals surface area contributed by atoms with Gasteiger partial charge in [0.2, 0.25) is 5.91 Å².